The normalized spacial score (nSPS) is 15.1. The van der Waals surface area contributed by atoms with Crippen molar-refractivity contribution in [2.45, 2.75) is 6.42 Å². The van der Waals surface area contributed by atoms with Crippen molar-refractivity contribution in [3.63, 3.8) is 0 Å². The Bertz CT molecular complexity index is 1100. The number of allylic oxidation sites excluding steroid dienone is 2. The topological polar surface area (TPSA) is 107 Å². The van der Waals surface area contributed by atoms with E-state index in [0.717, 1.165) is 11.6 Å². The van der Waals surface area contributed by atoms with Crippen LogP contribution < -0.4 is 5.32 Å². The van der Waals surface area contributed by atoms with Crippen molar-refractivity contribution in [1.29, 1.82) is 0 Å². The van der Waals surface area contributed by atoms with E-state index in [1.54, 1.807) is 12.2 Å². The molecule has 31 heavy (non-hydrogen) atoms. The lowest BCUT2D eigenvalue weighted by Crippen LogP contribution is -2.31. The van der Waals surface area contributed by atoms with Gasteiger partial charge >= 0.3 is 5.97 Å². The van der Waals surface area contributed by atoms with Crippen molar-refractivity contribution < 1.29 is 24.6 Å². The summed E-state index contributed by atoms with van der Waals surface area (Å²) in [6, 6.07) is 13.4. The Morgan fingerprint density at radius 3 is 2.61 bits per heavy atom. The molecule has 0 bridgehead atoms. The maximum absolute atomic E-state index is 12.6. The van der Waals surface area contributed by atoms with Crippen LogP contribution in [0.2, 0.25) is 0 Å². The van der Waals surface area contributed by atoms with Gasteiger partial charge in [-0.1, -0.05) is 66.5 Å². The van der Waals surface area contributed by atoms with E-state index in [1.807, 2.05) is 36.4 Å². The highest BCUT2D eigenvalue weighted by atomic mass is 32.2. The van der Waals surface area contributed by atoms with Crippen LogP contribution in [-0.4, -0.2) is 43.8 Å². The standard InChI is InChI=1S/C22H18N2O5S2/c25-17-10-9-15(13-16(17)21(28)29)23-19(26)11-12-24-20(27)18(31-22(24)30)8-4-7-14-5-2-1-3-6-14/h1-10,13,25H,11-12H2,(H,23,26)(H,28,29). The van der Waals surface area contributed by atoms with Crippen LogP contribution in [0.3, 0.4) is 0 Å². The summed E-state index contributed by atoms with van der Waals surface area (Å²) in [5.74, 6) is -2.38. The second-order valence-corrected chi connectivity index (χ2v) is 8.14. The predicted molar refractivity (Wildman–Crippen MR) is 124 cm³/mol. The number of carbonyl (C=O) groups excluding carboxylic acids is 2. The van der Waals surface area contributed by atoms with Crippen LogP contribution in [0, 0.1) is 0 Å². The molecule has 1 heterocycles. The number of thiocarbonyl (C=S) groups is 1. The molecular weight excluding hydrogens is 436 g/mol. The van der Waals surface area contributed by atoms with Crippen LogP contribution in [0.25, 0.3) is 6.08 Å². The molecule has 0 aromatic heterocycles. The summed E-state index contributed by atoms with van der Waals surface area (Å²) in [5.41, 5.74) is 0.922. The van der Waals surface area contributed by atoms with Crippen LogP contribution in [0.5, 0.6) is 5.75 Å². The Morgan fingerprint density at radius 1 is 1.16 bits per heavy atom. The molecular formula is C22H18N2O5S2. The van der Waals surface area contributed by atoms with Crippen LogP contribution in [0.1, 0.15) is 22.3 Å². The second-order valence-electron chi connectivity index (χ2n) is 6.46. The van der Waals surface area contributed by atoms with E-state index in [2.05, 4.69) is 5.32 Å². The average Bonchev–Trinajstić information content (AvgIpc) is 3.01. The number of phenols is 1. The van der Waals surface area contributed by atoms with Gasteiger partial charge in [0, 0.05) is 18.7 Å². The van der Waals surface area contributed by atoms with E-state index in [1.165, 1.54) is 28.8 Å². The molecule has 9 heteroatoms. The van der Waals surface area contributed by atoms with Crippen LogP contribution in [0.4, 0.5) is 5.69 Å². The van der Waals surface area contributed by atoms with Crippen LogP contribution >= 0.6 is 24.0 Å². The SMILES string of the molecule is O=C(CCN1C(=O)C(=CC=Cc2ccccc2)SC1=S)Nc1ccc(O)c(C(=O)O)c1. The molecule has 1 fully saturated rings. The molecule has 1 aliphatic heterocycles. The molecule has 0 saturated carbocycles. The molecule has 0 radical (unpaired) electrons. The Morgan fingerprint density at radius 2 is 1.90 bits per heavy atom. The molecule has 1 aliphatic rings. The first-order valence-corrected chi connectivity index (χ1v) is 10.4. The van der Waals surface area contributed by atoms with Gasteiger partial charge in [-0.15, -0.1) is 0 Å². The summed E-state index contributed by atoms with van der Waals surface area (Å²) in [7, 11) is 0. The summed E-state index contributed by atoms with van der Waals surface area (Å²) in [5, 5.41) is 21.1. The van der Waals surface area contributed by atoms with Crippen molar-refractivity contribution in [3.8, 4) is 5.75 Å². The smallest absolute Gasteiger partial charge is 0.339 e. The van der Waals surface area contributed by atoms with Gasteiger partial charge in [0.05, 0.1) is 4.91 Å². The van der Waals surface area contributed by atoms with E-state index in [0.29, 0.717) is 9.23 Å². The highest BCUT2D eigenvalue weighted by Gasteiger charge is 2.31. The van der Waals surface area contributed by atoms with Gasteiger partial charge in [0.15, 0.2) is 0 Å². The average molecular weight is 455 g/mol. The summed E-state index contributed by atoms with van der Waals surface area (Å²) in [4.78, 5) is 37.7. The fourth-order valence-corrected chi connectivity index (χ4v) is 4.00. The van der Waals surface area contributed by atoms with Crippen molar-refractivity contribution in [1.82, 2.24) is 4.90 Å². The zero-order chi connectivity index (χ0) is 22.4. The maximum atomic E-state index is 12.6. The van der Waals surface area contributed by atoms with Crippen LogP contribution in [0.15, 0.2) is 65.6 Å². The third kappa shape index (κ3) is 5.80. The number of carbonyl (C=O) groups is 3. The summed E-state index contributed by atoms with van der Waals surface area (Å²) < 4.78 is 0.370. The summed E-state index contributed by atoms with van der Waals surface area (Å²) in [6.45, 7) is 0.0973. The van der Waals surface area contributed by atoms with E-state index < -0.39 is 17.6 Å². The number of aromatic hydroxyl groups is 1. The van der Waals surface area contributed by atoms with Gasteiger partial charge < -0.3 is 15.5 Å². The number of nitrogens with one attached hydrogen (secondary N) is 1. The van der Waals surface area contributed by atoms with Crippen molar-refractivity contribution in [3.05, 3.63) is 76.7 Å². The minimum atomic E-state index is -1.31. The van der Waals surface area contributed by atoms with Gasteiger partial charge in [-0.25, -0.2) is 4.79 Å². The van der Waals surface area contributed by atoms with Gasteiger partial charge in [0.1, 0.15) is 15.6 Å². The molecule has 3 N–H and O–H groups in total. The number of rotatable bonds is 7. The largest absolute Gasteiger partial charge is 0.507 e. The molecule has 2 aromatic rings. The lowest BCUT2D eigenvalue weighted by atomic mass is 10.1. The van der Waals surface area contributed by atoms with E-state index in [9.17, 15) is 19.5 Å². The van der Waals surface area contributed by atoms with Crippen molar-refractivity contribution in [2.75, 3.05) is 11.9 Å². The Kier molecular flexibility index (Phi) is 7.22. The van der Waals surface area contributed by atoms with E-state index in [-0.39, 0.29) is 30.1 Å². The molecule has 2 amide bonds. The fraction of sp³-hybridized carbons (Fsp3) is 0.0909. The van der Waals surface area contributed by atoms with E-state index >= 15 is 0 Å². The Hall–Kier alpha value is -3.43. The number of aromatic carboxylic acids is 1. The number of benzene rings is 2. The number of thioether (sulfide) groups is 1. The minimum absolute atomic E-state index is 0.0249. The van der Waals surface area contributed by atoms with Gasteiger partial charge in [-0.05, 0) is 29.8 Å². The molecule has 3 rings (SSSR count). The highest BCUT2D eigenvalue weighted by molar-refractivity contribution is 8.26. The van der Waals surface area contributed by atoms with Gasteiger partial charge in [0.2, 0.25) is 5.91 Å². The number of hydrogen-bond donors (Lipinski definition) is 3. The van der Waals surface area contributed by atoms with Crippen molar-refractivity contribution in [2.24, 2.45) is 0 Å². The van der Waals surface area contributed by atoms with Gasteiger partial charge in [-0.3, -0.25) is 14.5 Å². The summed E-state index contributed by atoms with van der Waals surface area (Å²) in [6.07, 6.45) is 5.32. The quantitative estimate of drug-likeness (QED) is 0.331. The molecule has 7 nitrogen and oxygen atoms in total. The zero-order valence-electron chi connectivity index (χ0n) is 16.1. The minimum Gasteiger partial charge on any atom is -0.507 e. The predicted octanol–water partition coefficient (Wildman–Crippen LogP) is 3.88. The highest BCUT2D eigenvalue weighted by Crippen LogP contribution is 2.31. The molecule has 0 aliphatic carbocycles. The monoisotopic (exact) mass is 454 g/mol. The maximum Gasteiger partial charge on any atom is 0.339 e. The second kappa shape index (κ2) is 10.1. The Balaban J connectivity index is 1.57. The third-order valence-electron chi connectivity index (χ3n) is 4.28. The number of carboxylic acid groups (broad SMARTS) is 1. The van der Waals surface area contributed by atoms with Gasteiger partial charge in [-0.2, -0.15) is 0 Å². The van der Waals surface area contributed by atoms with E-state index in [4.69, 9.17) is 17.3 Å². The fourth-order valence-electron chi connectivity index (χ4n) is 2.74. The first kappa shape index (κ1) is 22.3. The molecule has 0 spiro atoms. The molecule has 2 aromatic carbocycles. The summed E-state index contributed by atoms with van der Waals surface area (Å²) >= 11 is 6.43. The molecule has 0 unspecified atom stereocenters. The number of amides is 2. The number of carboxylic acids is 1. The number of anilines is 1. The lowest BCUT2D eigenvalue weighted by molar-refractivity contribution is -0.122. The molecule has 0 atom stereocenters. The first-order valence-electron chi connectivity index (χ1n) is 9.18. The van der Waals surface area contributed by atoms with Crippen molar-refractivity contribution >= 4 is 57.8 Å². The molecule has 158 valence electrons. The third-order valence-corrected chi connectivity index (χ3v) is 5.68. The lowest BCUT2D eigenvalue weighted by Gasteiger charge is -2.14. The Labute approximate surface area is 188 Å². The zero-order valence-corrected chi connectivity index (χ0v) is 17.8. The number of nitrogens with zero attached hydrogens (tertiary/aromatic N) is 1. The molecule has 1 saturated heterocycles. The number of hydrogen-bond acceptors (Lipinski definition) is 6. The first-order chi connectivity index (χ1) is 14.8. The van der Waals surface area contributed by atoms with Crippen LogP contribution in [-0.2, 0) is 9.59 Å². The van der Waals surface area contributed by atoms with Gasteiger partial charge in [0.25, 0.3) is 5.91 Å².